The van der Waals surface area contributed by atoms with E-state index in [0.29, 0.717) is 0 Å². The maximum Gasteiger partial charge on any atom is 0.481 e. The third kappa shape index (κ3) is 9.28. The normalized spacial score (nSPS) is 9.58. The van der Waals surface area contributed by atoms with Crippen LogP contribution in [-0.2, 0) is 0 Å². The van der Waals surface area contributed by atoms with Gasteiger partial charge in [-0.3, -0.25) is 0 Å². The summed E-state index contributed by atoms with van der Waals surface area (Å²) in [6.45, 7) is 2.15. The molecule has 0 unspecified atom stereocenters. The number of rotatable bonds is 4. The van der Waals surface area contributed by atoms with Gasteiger partial charge in [0.2, 0.25) is 0 Å². The van der Waals surface area contributed by atoms with Crippen molar-refractivity contribution < 1.29 is 10.0 Å². The van der Waals surface area contributed by atoms with Gasteiger partial charge in [-0.1, -0.05) is 31.6 Å². The monoisotopic (exact) mass is 166 g/mol. The number of allylic oxidation sites excluding steroid dienone is 1. The summed E-state index contributed by atoms with van der Waals surface area (Å²) in [7, 11) is -1.38. The van der Waals surface area contributed by atoms with Gasteiger partial charge in [-0.05, 0) is 18.5 Å². The Bertz CT molecular complexity index is 177. The van der Waals surface area contributed by atoms with E-state index in [2.05, 4.69) is 18.8 Å². The lowest BCUT2D eigenvalue weighted by molar-refractivity contribution is 0.424. The summed E-state index contributed by atoms with van der Waals surface area (Å²) in [4.78, 5) is 0. The molecular weight excluding hydrogens is 151 g/mol. The van der Waals surface area contributed by atoms with E-state index in [-0.39, 0.29) is 0 Å². The Morgan fingerprint density at radius 3 is 2.67 bits per heavy atom. The molecule has 0 amide bonds. The smallest absolute Gasteiger partial charge is 0.424 e. The minimum atomic E-state index is -1.38. The van der Waals surface area contributed by atoms with Crippen molar-refractivity contribution in [3.05, 3.63) is 12.1 Å². The Hall–Kier alpha value is -0.715. The van der Waals surface area contributed by atoms with Crippen molar-refractivity contribution in [2.75, 3.05) is 0 Å². The molecule has 0 heterocycles. The molecule has 2 N–H and O–H groups in total. The summed E-state index contributed by atoms with van der Waals surface area (Å²) in [6.07, 6.45) is 5.89. The lowest BCUT2D eigenvalue weighted by Gasteiger charge is -1.87. The van der Waals surface area contributed by atoms with Gasteiger partial charge in [0.1, 0.15) is 0 Å². The van der Waals surface area contributed by atoms with Crippen LogP contribution in [0.25, 0.3) is 0 Å². The van der Waals surface area contributed by atoms with E-state index >= 15 is 0 Å². The van der Waals surface area contributed by atoms with E-state index in [1.165, 1.54) is 24.9 Å². The van der Waals surface area contributed by atoms with Crippen LogP contribution in [-0.4, -0.2) is 17.2 Å². The highest BCUT2D eigenvalue weighted by atomic mass is 16.4. The molecule has 0 aromatic heterocycles. The molecule has 0 aliphatic carbocycles. The third-order valence-electron chi connectivity index (χ3n) is 1.36. The number of unbranched alkanes of at least 4 members (excludes halogenated alkanes) is 3. The van der Waals surface area contributed by atoms with Crippen LogP contribution in [0.2, 0.25) is 0 Å². The average Bonchev–Trinajstić information content (AvgIpc) is 2.02. The molecule has 3 heteroatoms. The second-order valence-electron chi connectivity index (χ2n) is 2.55. The molecule has 0 aliphatic rings. The molecule has 0 radical (unpaired) electrons. The van der Waals surface area contributed by atoms with Gasteiger partial charge in [-0.15, -0.1) is 0 Å². The molecular formula is C9H15BO2. The third-order valence-corrected chi connectivity index (χ3v) is 1.36. The zero-order valence-corrected chi connectivity index (χ0v) is 7.45. The van der Waals surface area contributed by atoms with Crippen molar-refractivity contribution in [3.63, 3.8) is 0 Å². The van der Waals surface area contributed by atoms with Crippen molar-refractivity contribution in [2.45, 2.75) is 32.6 Å². The Balaban J connectivity index is 3.34. The maximum atomic E-state index is 8.39. The summed E-state index contributed by atoms with van der Waals surface area (Å²) < 4.78 is 0. The predicted octanol–water partition coefficient (Wildman–Crippen LogP) is 1.14. The predicted molar refractivity (Wildman–Crippen MR) is 51.2 cm³/mol. The fourth-order valence-corrected chi connectivity index (χ4v) is 0.729. The molecule has 0 spiro atoms. The summed E-state index contributed by atoms with van der Waals surface area (Å²) in [6, 6.07) is 0. The largest absolute Gasteiger partial charge is 0.481 e. The van der Waals surface area contributed by atoms with Crippen LogP contribution in [0.5, 0.6) is 0 Å². The van der Waals surface area contributed by atoms with Gasteiger partial charge in [0.25, 0.3) is 0 Å². The average molecular weight is 166 g/mol. The van der Waals surface area contributed by atoms with Gasteiger partial charge in [0.05, 0.1) is 0 Å². The van der Waals surface area contributed by atoms with Crippen LogP contribution in [0.4, 0.5) is 0 Å². The van der Waals surface area contributed by atoms with E-state index < -0.39 is 7.12 Å². The van der Waals surface area contributed by atoms with Crippen LogP contribution in [0, 0.1) is 11.8 Å². The van der Waals surface area contributed by atoms with Gasteiger partial charge in [-0.2, -0.15) is 0 Å². The highest BCUT2D eigenvalue weighted by Gasteiger charge is 1.94. The highest BCUT2D eigenvalue weighted by Crippen LogP contribution is 1.96. The second kappa shape index (κ2) is 8.38. The van der Waals surface area contributed by atoms with Crippen LogP contribution < -0.4 is 0 Å². The molecule has 2 nitrogen and oxygen atoms in total. The SMILES string of the molecule is CCCCCC#C/C=C/B(O)O. The number of hydrogen-bond acceptors (Lipinski definition) is 2. The molecule has 0 aromatic rings. The second-order valence-corrected chi connectivity index (χ2v) is 2.55. The van der Waals surface area contributed by atoms with E-state index in [1.54, 1.807) is 0 Å². The Kier molecular flexibility index (Phi) is 7.88. The maximum absolute atomic E-state index is 8.39. The van der Waals surface area contributed by atoms with Crippen molar-refractivity contribution in [1.29, 1.82) is 0 Å². The van der Waals surface area contributed by atoms with Crippen molar-refractivity contribution >= 4 is 7.12 Å². The summed E-state index contributed by atoms with van der Waals surface area (Å²) in [5.41, 5.74) is 0. The molecule has 0 fully saturated rings. The summed E-state index contributed by atoms with van der Waals surface area (Å²) in [5.74, 6) is 6.88. The molecule has 0 atom stereocenters. The van der Waals surface area contributed by atoms with Crippen LogP contribution in [0.3, 0.4) is 0 Å². The molecule has 0 saturated carbocycles. The first kappa shape index (κ1) is 11.3. The Labute approximate surface area is 74.4 Å². The zero-order chi connectivity index (χ0) is 9.23. The van der Waals surface area contributed by atoms with Gasteiger partial charge < -0.3 is 10.0 Å². The van der Waals surface area contributed by atoms with Gasteiger partial charge >= 0.3 is 7.12 Å². The molecule has 0 aromatic carbocycles. The van der Waals surface area contributed by atoms with Gasteiger partial charge in [-0.25, -0.2) is 0 Å². The standard InChI is InChI=1S/C9H15BO2/c1-2-3-4-5-6-7-8-9-10(11)12/h8-9,11-12H,2-5H2,1H3/b9-8+. The van der Waals surface area contributed by atoms with Crippen LogP contribution in [0.15, 0.2) is 12.1 Å². The molecule has 0 bridgehead atoms. The van der Waals surface area contributed by atoms with Crippen LogP contribution in [0.1, 0.15) is 32.6 Å². The minimum Gasteiger partial charge on any atom is -0.424 e. The van der Waals surface area contributed by atoms with Gasteiger partial charge in [0.15, 0.2) is 0 Å². The van der Waals surface area contributed by atoms with Gasteiger partial charge in [0, 0.05) is 6.42 Å². The first-order valence-electron chi connectivity index (χ1n) is 4.28. The first-order valence-corrected chi connectivity index (χ1v) is 4.28. The number of hydrogen-bond donors (Lipinski definition) is 2. The Morgan fingerprint density at radius 1 is 1.33 bits per heavy atom. The van der Waals surface area contributed by atoms with E-state index in [1.807, 2.05) is 0 Å². The topological polar surface area (TPSA) is 40.5 Å². The summed E-state index contributed by atoms with van der Waals surface area (Å²) in [5, 5.41) is 16.8. The zero-order valence-electron chi connectivity index (χ0n) is 7.45. The van der Waals surface area contributed by atoms with Crippen molar-refractivity contribution in [1.82, 2.24) is 0 Å². The first-order chi connectivity index (χ1) is 5.77. The van der Waals surface area contributed by atoms with Crippen molar-refractivity contribution in [2.24, 2.45) is 0 Å². The lowest BCUT2D eigenvalue weighted by Crippen LogP contribution is -2.05. The molecule has 66 valence electrons. The van der Waals surface area contributed by atoms with E-state index in [0.717, 1.165) is 12.8 Å². The molecule has 0 aliphatic heterocycles. The molecule has 12 heavy (non-hydrogen) atoms. The fourth-order valence-electron chi connectivity index (χ4n) is 0.729. The van der Waals surface area contributed by atoms with E-state index in [4.69, 9.17) is 10.0 Å². The minimum absolute atomic E-state index is 0.889. The van der Waals surface area contributed by atoms with Crippen LogP contribution >= 0.6 is 0 Å². The molecule has 0 rings (SSSR count). The quantitative estimate of drug-likeness (QED) is 0.373. The summed E-state index contributed by atoms with van der Waals surface area (Å²) >= 11 is 0. The van der Waals surface area contributed by atoms with Crippen molar-refractivity contribution in [3.8, 4) is 11.8 Å². The highest BCUT2D eigenvalue weighted by molar-refractivity contribution is 6.47. The Morgan fingerprint density at radius 2 is 2.08 bits per heavy atom. The lowest BCUT2D eigenvalue weighted by atomic mass is 9.92. The van der Waals surface area contributed by atoms with E-state index in [9.17, 15) is 0 Å². The molecule has 0 saturated heterocycles. The fraction of sp³-hybridized carbons (Fsp3) is 0.556.